The molecule has 5 nitrogen and oxygen atoms in total. The summed E-state index contributed by atoms with van der Waals surface area (Å²) in [6, 6.07) is 8.20. The lowest BCUT2D eigenvalue weighted by molar-refractivity contribution is 0.411. The van der Waals surface area contributed by atoms with E-state index in [-0.39, 0.29) is 5.41 Å². The molecule has 0 aliphatic carbocycles. The highest BCUT2D eigenvalue weighted by Gasteiger charge is 2.21. The fourth-order valence-electron chi connectivity index (χ4n) is 2.57. The van der Waals surface area contributed by atoms with Crippen LogP contribution in [0.15, 0.2) is 29.3 Å². The van der Waals surface area contributed by atoms with Crippen LogP contribution in [-0.4, -0.2) is 31.6 Å². The maximum atomic E-state index is 5.34. The van der Waals surface area contributed by atoms with Crippen molar-refractivity contribution in [2.24, 2.45) is 4.99 Å². The Labute approximate surface area is 154 Å². The van der Waals surface area contributed by atoms with E-state index in [1.165, 1.54) is 10.4 Å². The lowest BCUT2D eigenvalue weighted by atomic mass is 9.84. The first kappa shape index (κ1) is 19.2. The summed E-state index contributed by atoms with van der Waals surface area (Å²) in [6.07, 6.45) is 0. The highest BCUT2D eigenvalue weighted by atomic mass is 32.1. The van der Waals surface area contributed by atoms with Crippen molar-refractivity contribution >= 4 is 17.3 Å². The van der Waals surface area contributed by atoms with E-state index in [4.69, 9.17) is 4.74 Å². The number of benzene rings is 1. The first-order valence-corrected chi connectivity index (χ1v) is 9.19. The third-order valence-electron chi connectivity index (χ3n) is 4.19. The zero-order valence-electron chi connectivity index (χ0n) is 15.9. The predicted molar refractivity (Wildman–Crippen MR) is 106 cm³/mol. The highest BCUT2D eigenvalue weighted by molar-refractivity contribution is 7.11. The lowest BCUT2D eigenvalue weighted by Crippen LogP contribution is -2.43. The van der Waals surface area contributed by atoms with Crippen LogP contribution >= 0.6 is 11.3 Å². The number of guanidine groups is 1. The fourth-order valence-corrected chi connectivity index (χ4v) is 3.45. The molecule has 6 heteroatoms. The second-order valence-corrected chi connectivity index (χ2v) is 7.92. The van der Waals surface area contributed by atoms with E-state index < -0.39 is 0 Å². The minimum absolute atomic E-state index is 0.0524. The molecule has 0 amide bonds. The van der Waals surface area contributed by atoms with Gasteiger partial charge in [-0.3, -0.25) is 4.99 Å². The Bertz CT molecular complexity index is 737. The molecule has 0 saturated heterocycles. The van der Waals surface area contributed by atoms with Gasteiger partial charge in [0.1, 0.15) is 5.75 Å². The van der Waals surface area contributed by atoms with E-state index in [0.29, 0.717) is 0 Å². The molecule has 0 atom stereocenters. The molecule has 0 unspecified atom stereocenters. The Morgan fingerprint density at radius 1 is 1.28 bits per heavy atom. The highest BCUT2D eigenvalue weighted by Crippen LogP contribution is 2.25. The minimum Gasteiger partial charge on any atom is -0.497 e. The molecule has 0 fully saturated rings. The van der Waals surface area contributed by atoms with Crippen molar-refractivity contribution in [3.8, 4) is 5.75 Å². The maximum absolute atomic E-state index is 5.34. The average molecular weight is 361 g/mol. The summed E-state index contributed by atoms with van der Waals surface area (Å²) in [7, 11) is 3.48. The molecular weight excluding hydrogens is 332 g/mol. The van der Waals surface area contributed by atoms with Crippen LogP contribution in [0.1, 0.15) is 35.0 Å². The van der Waals surface area contributed by atoms with E-state index in [2.05, 4.69) is 46.6 Å². The number of thiazole rings is 1. The van der Waals surface area contributed by atoms with E-state index in [1.54, 1.807) is 25.5 Å². The number of ether oxygens (including phenoxy) is 1. The molecule has 2 aromatic rings. The van der Waals surface area contributed by atoms with Crippen LogP contribution in [0.2, 0.25) is 0 Å². The molecule has 0 spiro atoms. The number of aromatic nitrogens is 1. The standard InChI is InChI=1S/C19H28N4OS/c1-13-17(25-14(2)23-13)11-21-18(20-5)22-12-19(3,4)15-8-7-9-16(10-15)24-6/h7-10H,11-12H2,1-6H3,(H2,20,21,22). The first-order chi connectivity index (χ1) is 11.9. The summed E-state index contributed by atoms with van der Waals surface area (Å²) < 4.78 is 5.34. The quantitative estimate of drug-likeness (QED) is 0.612. The van der Waals surface area contributed by atoms with Gasteiger partial charge in [-0.15, -0.1) is 11.3 Å². The molecule has 1 aromatic heterocycles. The third-order valence-corrected chi connectivity index (χ3v) is 5.26. The minimum atomic E-state index is -0.0524. The molecule has 0 aliphatic rings. The second-order valence-electron chi connectivity index (χ2n) is 6.64. The van der Waals surface area contributed by atoms with Gasteiger partial charge in [-0.25, -0.2) is 4.98 Å². The largest absolute Gasteiger partial charge is 0.497 e. The molecule has 2 rings (SSSR count). The number of methoxy groups -OCH3 is 1. The molecule has 25 heavy (non-hydrogen) atoms. The number of nitrogens with zero attached hydrogens (tertiary/aromatic N) is 2. The molecular formula is C19H28N4OS. The van der Waals surface area contributed by atoms with Crippen molar-refractivity contribution in [2.75, 3.05) is 20.7 Å². The van der Waals surface area contributed by atoms with Gasteiger partial charge >= 0.3 is 0 Å². The molecule has 1 aromatic carbocycles. The summed E-state index contributed by atoms with van der Waals surface area (Å²) in [5.41, 5.74) is 2.26. The summed E-state index contributed by atoms with van der Waals surface area (Å²) in [5.74, 6) is 1.67. The molecule has 136 valence electrons. The van der Waals surface area contributed by atoms with Gasteiger partial charge in [-0.1, -0.05) is 26.0 Å². The van der Waals surface area contributed by atoms with Gasteiger partial charge in [0.25, 0.3) is 0 Å². The van der Waals surface area contributed by atoms with Gasteiger partial charge in [0, 0.05) is 23.9 Å². The smallest absolute Gasteiger partial charge is 0.191 e. The van der Waals surface area contributed by atoms with Crippen molar-refractivity contribution in [3.63, 3.8) is 0 Å². The SMILES string of the molecule is CN=C(NCc1sc(C)nc1C)NCC(C)(C)c1cccc(OC)c1. The zero-order chi connectivity index (χ0) is 18.4. The summed E-state index contributed by atoms with van der Waals surface area (Å²) >= 11 is 1.72. The molecule has 0 saturated carbocycles. The van der Waals surface area contributed by atoms with Crippen molar-refractivity contribution in [1.82, 2.24) is 15.6 Å². The van der Waals surface area contributed by atoms with Crippen molar-refractivity contribution in [1.29, 1.82) is 0 Å². The van der Waals surface area contributed by atoms with Crippen LogP contribution in [0, 0.1) is 13.8 Å². The number of hydrogen-bond acceptors (Lipinski definition) is 4. The topological polar surface area (TPSA) is 58.5 Å². The van der Waals surface area contributed by atoms with Crippen molar-refractivity contribution in [3.05, 3.63) is 45.4 Å². The number of rotatable bonds is 6. The number of aliphatic imine (C=N–C) groups is 1. The van der Waals surface area contributed by atoms with Crippen LogP contribution in [0.25, 0.3) is 0 Å². The molecule has 0 bridgehead atoms. The van der Waals surface area contributed by atoms with E-state index in [0.717, 1.165) is 35.5 Å². The Morgan fingerprint density at radius 2 is 2.04 bits per heavy atom. The van der Waals surface area contributed by atoms with Gasteiger partial charge in [0.15, 0.2) is 5.96 Å². The van der Waals surface area contributed by atoms with Crippen LogP contribution in [0.4, 0.5) is 0 Å². The maximum Gasteiger partial charge on any atom is 0.191 e. The predicted octanol–water partition coefficient (Wildman–Crippen LogP) is 3.41. The molecule has 1 heterocycles. The number of hydrogen-bond donors (Lipinski definition) is 2. The van der Waals surface area contributed by atoms with E-state index in [9.17, 15) is 0 Å². The van der Waals surface area contributed by atoms with Gasteiger partial charge in [-0.2, -0.15) is 0 Å². The average Bonchev–Trinajstić information content (AvgIpc) is 2.92. The monoisotopic (exact) mass is 360 g/mol. The van der Waals surface area contributed by atoms with Gasteiger partial charge in [-0.05, 0) is 31.5 Å². The Morgan fingerprint density at radius 3 is 2.64 bits per heavy atom. The lowest BCUT2D eigenvalue weighted by Gasteiger charge is -2.27. The fraction of sp³-hybridized carbons (Fsp3) is 0.474. The number of aryl methyl sites for hydroxylation is 2. The third kappa shape index (κ3) is 5.19. The van der Waals surface area contributed by atoms with Gasteiger partial charge in [0.05, 0.1) is 24.4 Å². The molecule has 0 aliphatic heterocycles. The first-order valence-electron chi connectivity index (χ1n) is 8.37. The summed E-state index contributed by atoms with van der Waals surface area (Å²) in [5, 5.41) is 7.89. The van der Waals surface area contributed by atoms with Crippen LogP contribution in [0.3, 0.4) is 0 Å². The van der Waals surface area contributed by atoms with Crippen molar-refractivity contribution < 1.29 is 4.74 Å². The van der Waals surface area contributed by atoms with Gasteiger partial charge in [0.2, 0.25) is 0 Å². The second kappa shape index (κ2) is 8.34. The van der Waals surface area contributed by atoms with Gasteiger partial charge < -0.3 is 15.4 Å². The summed E-state index contributed by atoms with van der Waals surface area (Å²) in [4.78, 5) is 10.0. The Hall–Kier alpha value is -2.08. The Balaban J connectivity index is 1.96. The molecule has 2 N–H and O–H groups in total. The van der Waals surface area contributed by atoms with E-state index in [1.807, 2.05) is 26.0 Å². The normalized spacial score (nSPS) is 12.2. The Kier molecular flexibility index (Phi) is 6.42. The number of nitrogens with one attached hydrogen (secondary N) is 2. The van der Waals surface area contributed by atoms with Crippen LogP contribution in [-0.2, 0) is 12.0 Å². The zero-order valence-corrected chi connectivity index (χ0v) is 16.8. The van der Waals surface area contributed by atoms with Crippen LogP contribution < -0.4 is 15.4 Å². The van der Waals surface area contributed by atoms with Crippen LogP contribution in [0.5, 0.6) is 5.75 Å². The summed E-state index contributed by atoms with van der Waals surface area (Å²) in [6.45, 7) is 9.99. The molecule has 0 radical (unpaired) electrons. The van der Waals surface area contributed by atoms with E-state index >= 15 is 0 Å². The van der Waals surface area contributed by atoms with Crippen molar-refractivity contribution in [2.45, 2.75) is 39.7 Å².